The van der Waals surface area contributed by atoms with Crippen LogP contribution in [0.1, 0.15) is 46.4 Å². The monoisotopic (exact) mass is 456 g/mol. The predicted octanol–water partition coefficient (Wildman–Crippen LogP) is 6.36. The maximum absolute atomic E-state index is 14.7. The van der Waals surface area contributed by atoms with Gasteiger partial charge in [0, 0.05) is 24.2 Å². The van der Waals surface area contributed by atoms with Crippen molar-refractivity contribution in [2.45, 2.75) is 24.2 Å². The Kier molecular flexibility index (Phi) is 4.93. The van der Waals surface area contributed by atoms with E-state index in [0.717, 1.165) is 6.67 Å². The molecular weight excluding hydrogens is 428 g/mol. The zero-order chi connectivity index (χ0) is 23.4. The highest BCUT2D eigenvalue weighted by atomic mass is 16.1. The molecule has 4 bridgehead atoms. The van der Waals surface area contributed by atoms with Gasteiger partial charge in [-0.3, -0.25) is 14.6 Å². The SMILES string of the molecule is O=C1C2[C@@H](c3ccccc3)N3CN([C@H]2c2ccccc2)[C@@H](c2ccccc2)C1[C@H]3c1ccccc1. The summed E-state index contributed by atoms with van der Waals surface area (Å²) in [5.41, 5.74) is 4.96. The number of rotatable bonds is 4. The van der Waals surface area contributed by atoms with Crippen LogP contribution in [0.2, 0.25) is 0 Å². The van der Waals surface area contributed by atoms with Crippen molar-refractivity contribution in [2.75, 3.05) is 6.67 Å². The Bertz CT molecular complexity index is 1130. The Morgan fingerprint density at radius 1 is 0.429 bits per heavy atom. The van der Waals surface area contributed by atoms with E-state index in [4.69, 9.17) is 0 Å². The van der Waals surface area contributed by atoms with Crippen LogP contribution >= 0.6 is 0 Å². The number of carbonyl (C=O) groups excluding carboxylic acids is 1. The van der Waals surface area contributed by atoms with Gasteiger partial charge >= 0.3 is 0 Å². The normalized spacial score (nSPS) is 33.1. The van der Waals surface area contributed by atoms with E-state index < -0.39 is 0 Å². The van der Waals surface area contributed by atoms with E-state index in [2.05, 4.69) is 131 Å². The van der Waals surface area contributed by atoms with Gasteiger partial charge in [0.1, 0.15) is 5.78 Å². The average Bonchev–Trinajstić information content (AvgIpc) is 2.93. The Morgan fingerprint density at radius 3 is 0.943 bits per heavy atom. The van der Waals surface area contributed by atoms with Crippen molar-refractivity contribution in [3.63, 3.8) is 0 Å². The summed E-state index contributed by atoms with van der Waals surface area (Å²) in [5, 5.41) is 0. The van der Waals surface area contributed by atoms with Crippen LogP contribution in [-0.2, 0) is 4.79 Å². The molecule has 4 aromatic carbocycles. The molecule has 4 aromatic rings. The van der Waals surface area contributed by atoms with Crippen molar-refractivity contribution in [2.24, 2.45) is 11.8 Å². The fraction of sp³-hybridized carbons (Fsp3) is 0.219. The van der Waals surface area contributed by atoms with Gasteiger partial charge in [0.05, 0.1) is 18.5 Å². The molecule has 0 amide bonds. The molecular formula is C32H28N2O. The highest BCUT2D eigenvalue weighted by Crippen LogP contribution is 2.63. The third-order valence-electron chi connectivity index (χ3n) is 8.34. The van der Waals surface area contributed by atoms with Crippen molar-refractivity contribution in [1.82, 2.24) is 9.80 Å². The molecule has 0 saturated carbocycles. The van der Waals surface area contributed by atoms with E-state index in [0.29, 0.717) is 5.78 Å². The second kappa shape index (κ2) is 8.30. The van der Waals surface area contributed by atoms with Crippen molar-refractivity contribution >= 4 is 5.78 Å². The number of hydrogen-bond acceptors (Lipinski definition) is 3. The van der Waals surface area contributed by atoms with Crippen LogP contribution in [0.4, 0.5) is 0 Å². The molecule has 8 rings (SSSR count). The molecule has 4 saturated heterocycles. The van der Waals surface area contributed by atoms with Gasteiger partial charge in [-0.15, -0.1) is 0 Å². The summed E-state index contributed by atoms with van der Waals surface area (Å²) < 4.78 is 0. The first-order valence-electron chi connectivity index (χ1n) is 12.6. The Balaban J connectivity index is 1.45. The van der Waals surface area contributed by atoms with Crippen molar-refractivity contribution in [1.29, 1.82) is 0 Å². The molecule has 4 fully saturated rings. The Hall–Kier alpha value is -3.53. The smallest absolute Gasteiger partial charge is 0.146 e. The quantitative estimate of drug-likeness (QED) is 0.357. The summed E-state index contributed by atoms with van der Waals surface area (Å²) in [6.07, 6.45) is 0. The van der Waals surface area contributed by atoms with Crippen LogP contribution < -0.4 is 0 Å². The van der Waals surface area contributed by atoms with Crippen LogP contribution in [0.25, 0.3) is 0 Å². The van der Waals surface area contributed by atoms with Gasteiger partial charge in [-0.05, 0) is 22.3 Å². The summed E-state index contributed by atoms with van der Waals surface area (Å²) in [6, 6.07) is 43.0. The summed E-state index contributed by atoms with van der Waals surface area (Å²) in [4.78, 5) is 19.9. The second-order valence-electron chi connectivity index (χ2n) is 10.0. The molecule has 0 aromatic heterocycles. The molecule has 4 aliphatic heterocycles. The lowest BCUT2D eigenvalue weighted by molar-refractivity contribution is -0.208. The van der Waals surface area contributed by atoms with E-state index in [1.54, 1.807) is 0 Å². The van der Waals surface area contributed by atoms with Crippen LogP contribution in [0.15, 0.2) is 121 Å². The molecule has 0 radical (unpaired) electrons. The van der Waals surface area contributed by atoms with Crippen LogP contribution in [0.5, 0.6) is 0 Å². The number of carbonyl (C=O) groups is 1. The lowest BCUT2D eigenvalue weighted by atomic mass is 9.60. The summed E-state index contributed by atoms with van der Waals surface area (Å²) in [5.74, 6) is 0.208. The Morgan fingerprint density at radius 2 is 0.686 bits per heavy atom. The molecule has 2 unspecified atom stereocenters. The second-order valence-corrected chi connectivity index (χ2v) is 10.0. The fourth-order valence-electron chi connectivity index (χ4n) is 7.10. The maximum Gasteiger partial charge on any atom is 0.146 e. The Labute approximate surface area is 206 Å². The number of hydrogen-bond donors (Lipinski definition) is 0. The van der Waals surface area contributed by atoms with Crippen LogP contribution in [-0.4, -0.2) is 22.3 Å². The van der Waals surface area contributed by atoms with Gasteiger partial charge in [0.2, 0.25) is 0 Å². The number of Topliss-reactive ketones (excluding diaryl/α,β-unsaturated/α-hetero) is 1. The zero-order valence-corrected chi connectivity index (χ0v) is 19.5. The van der Waals surface area contributed by atoms with E-state index in [9.17, 15) is 4.79 Å². The van der Waals surface area contributed by atoms with E-state index in [1.165, 1.54) is 22.3 Å². The first kappa shape index (κ1) is 20.8. The molecule has 0 N–H and O–H groups in total. The maximum atomic E-state index is 14.7. The van der Waals surface area contributed by atoms with Gasteiger partial charge in [-0.2, -0.15) is 0 Å². The molecule has 0 spiro atoms. The van der Waals surface area contributed by atoms with Gasteiger partial charge in [-0.1, -0.05) is 121 Å². The number of piperidine rings is 2. The fourth-order valence-corrected chi connectivity index (χ4v) is 7.10. The van der Waals surface area contributed by atoms with Gasteiger partial charge in [0.15, 0.2) is 0 Å². The lowest BCUT2D eigenvalue weighted by Gasteiger charge is -2.67. The minimum Gasteiger partial charge on any atom is -0.299 e. The molecule has 172 valence electrons. The standard InChI is InChI=1S/C32H28N2O/c35-32-26-28(22-13-5-1-6-14-22)33-21-34(29(26)23-15-7-2-8-16-23)31(25-19-11-4-12-20-25)27(32)30(33)24-17-9-3-10-18-24/h1-20,26-31H,21H2/t26?,27?,28-,29+,30-,31+. The third-order valence-corrected chi connectivity index (χ3v) is 8.34. The highest BCUT2D eigenvalue weighted by Gasteiger charge is 2.65. The van der Waals surface area contributed by atoms with Crippen molar-refractivity contribution in [3.05, 3.63) is 144 Å². The first-order chi connectivity index (χ1) is 17.3. The molecule has 4 aliphatic rings. The van der Waals surface area contributed by atoms with E-state index in [-0.39, 0.29) is 36.0 Å². The van der Waals surface area contributed by atoms with Gasteiger partial charge in [0.25, 0.3) is 0 Å². The largest absolute Gasteiger partial charge is 0.299 e. The summed E-state index contributed by atoms with van der Waals surface area (Å²) >= 11 is 0. The number of ketones is 1. The lowest BCUT2D eigenvalue weighted by Crippen LogP contribution is -2.69. The molecule has 4 heterocycles. The molecule has 3 nitrogen and oxygen atoms in total. The minimum atomic E-state index is -0.0986. The number of nitrogens with zero attached hydrogens (tertiary/aromatic N) is 2. The first-order valence-corrected chi connectivity index (χ1v) is 12.6. The van der Waals surface area contributed by atoms with E-state index >= 15 is 0 Å². The number of benzene rings is 4. The predicted molar refractivity (Wildman–Crippen MR) is 137 cm³/mol. The molecule has 6 atom stereocenters. The molecule has 0 aliphatic carbocycles. The topological polar surface area (TPSA) is 23.6 Å². The van der Waals surface area contributed by atoms with Crippen molar-refractivity contribution < 1.29 is 4.79 Å². The molecule has 35 heavy (non-hydrogen) atoms. The third kappa shape index (κ3) is 3.16. The van der Waals surface area contributed by atoms with Crippen LogP contribution in [0.3, 0.4) is 0 Å². The summed E-state index contributed by atoms with van der Waals surface area (Å²) in [7, 11) is 0. The van der Waals surface area contributed by atoms with Crippen LogP contribution in [0, 0.1) is 11.8 Å². The van der Waals surface area contributed by atoms with Crippen molar-refractivity contribution in [3.8, 4) is 0 Å². The zero-order valence-electron chi connectivity index (χ0n) is 19.5. The average molecular weight is 457 g/mol. The highest BCUT2D eigenvalue weighted by molar-refractivity contribution is 5.89. The summed E-state index contributed by atoms with van der Waals surface area (Å²) in [6.45, 7) is 0.832. The van der Waals surface area contributed by atoms with Gasteiger partial charge in [-0.25, -0.2) is 0 Å². The van der Waals surface area contributed by atoms with Gasteiger partial charge < -0.3 is 0 Å². The molecule has 3 heteroatoms. The van der Waals surface area contributed by atoms with E-state index in [1.807, 2.05) is 0 Å². The minimum absolute atomic E-state index is 0.0586.